The lowest BCUT2D eigenvalue weighted by Crippen LogP contribution is -2.16. The van der Waals surface area contributed by atoms with Gasteiger partial charge >= 0.3 is 5.97 Å². The normalized spacial score (nSPS) is 10.6. The molecule has 0 bridgehead atoms. The van der Waals surface area contributed by atoms with Crippen molar-refractivity contribution in [3.05, 3.63) is 118 Å². The van der Waals surface area contributed by atoms with Gasteiger partial charge in [0.25, 0.3) is 5.69 Å². The molecule has 0 aliphatic heterocycles. The molecule has 0 amide bonds. The first kappa shape index (κ1) is 33.1. The summed E-state index contributed by atoms with van der Waals surface area (Å²) in [6.45, 7) is 3.79. The fraction of sp³-hybridized carbons (Fsp3) is 0.161. The van der Waals surface area contributed by atoms with Gasteiger partial charge in [0.2, 0.25) is 11.6 Å². The second-order valence-corrected chi connectivity index (χ2v) is 9.52. The van der Waals surface area contributed by atoms with Crippen molar-refractivity contribution in [3.8, 4) is 17.3 Å². The van der Waals surface area contributed by atoms with E-state index in [-0.39, 0.29) is 11.3 Å². The first-order chi connectivity index (χ1) is 22.8. The summed E-state index contributed by atoms with van der Waals surface area (Å²) in [6, 6.07) is 19.9. The van der Waals surface area contributed by atoms with Gasteiger partial charge in [-0.25, -0.2) is 34.7 Å². The van der Waals surface area contributed by atoms with Gasteiger partial charge in [0.1, 0.15) is 17.8 Å². The van der Waals surface area contributed by atoms with Gasteiger partial charge in [-0.3, -0.25) is 10.1 Å². The zero-order valence-corrected chi connectivity index (χ0v) is 25.2. The van der Waals surface area contributed by atoms with E-state index in [2.05, 4.69) is 56.9 Å². The largest absolute Gasteiger partial charge is 0.478 e. The van der Waals surface area contributed by atoms with Crippen molar-refractivity contribution in [2.24, 2.45) is 4.99 Å². The monoisotopic (exact) mass is 634 g/mol. The van der Waals surface area contributed by atoms with Crippen LogP contribution < -0.4 is 21.6 Å². The van der Waals surface area contributed by atoms with Crippen molar-refractivity contribution in [2.75, 3.05) is 42.1 Å². The number of aromatic carboxylic acids is 1. The smallest absolute Gasteiger partial charge is 0.339 e. The Balaban J connectivity index is 0.000000213. The molecule has 5 aromatic rings. The van der Waals surface area contributed by atoms with Crippen LogP contribution in [0.1, 0.15) is 21.6 Å². The number of carboxylic acids is 1. The van der Waals surface area contributed by atoms with Gasteiger partial charge in [0.15, 0.2) is 0 Å². The molecule has 0 fully saturated rings. The third-order valence-electron chi connectivity index (χ3n) is 6.22. The number of hydrogen-bond donors (Lipinski definition) is 5. The number of benzene rings is 1. The van der Waals surface area contributed by atoms with E-state index in [1.54, 1.807) is 25.3 Å². The van der Waals surface area contributed by atoms with Crippen molar-refractivity contribution in [1.29, 1.82) is 5.26 Å². The zero-order chi connectivity index (χ0) is 33.4. The Labute approximate surface area is 268 Å². The number of nitrogens with one attached hydrogen (secondary N) is 4. The standard InChI is InChI=1S/C18H16N6.C13H14N6O4/c19-13-14-4-6-15(7-5-14)16-8-10-22-18(24-16)23-12-11-21-17-3-1-2-9-20-17;1-8-10(12(20)21)7-17-13(18-8)15-5-4-14-11-3-2-9(6-16-11)19(22)23/h1-10H,11-12H2,(H,20,21)(H,22,23,24);2-3,6-7H,4-5H2,1H3,(H,14,16)(H,20,21)(H,15,17,18). The average molecular weight is 635 g/mol. The summed E-state index contributed by atoms with van der Waals surface area (Å²) in [5.41, 5.74) is 3.33. The number of aryl methyl sites for hydroxylation is 1. The van der Waals surface area contributed by atoms with Gasteiger partial charge in [-0.15, -0.1) is 0 Å². The van der Waals surface area contributed by atoms with Gasteiger partial charge in [-0.1, -0.05) is 18.2 Å². The van der Waals surface area contributed by atoms with Crippen LogP contribution in [0.2, 0.25) is 0 Å². The molecule has 4 heterocycles. The Morgan fingerprint density at radius 2 is 1.72 bits per heavy atom. The van der Waals surface area contributed by atoms with Gasteiger partial charge in [-0.05, 0) is 43.3 Å². The minimum absolute atomic E-state index is 0.0590. The molecule has 1 aromatic carbocycles. The highest BCUT2D eigenvalue weighted by molar-refractivity contribution is 5.88. The SMILES string of the molecule is Cc1nc(NCCNc2ccc([N+](=O)[O-])cn2)ncc1C(=O)O.N#Cc1ccc(-c2cc[nH]c(=NCCNc3ccccn3)n2)cc1. The first-order valence-corrected chi connectivity index (χ1v) is 14.2. The number of nitriles is 1. The average Bonchev–Trinajstić information content (AvgIpc) is 3.09. The fourth-order valence-electron chi connectivity index (χ4n) is 3.87. The molecular weight excluding hydrogens is 604 g/mol. The van der Waals surface area contributed by atoms with Crippen molar-refractivity contribution < 1.29 is 14.8 Å². The molecule has 0 saturated heterocycles. The molecule has 0 radical (unpaired) electrons. The van der Waals surface area contributed by atoms with Crippen LogP contribution in [0.3, 0.4) is 0 Å². The Morgan fingerprint density at radius 3 is 2.38 bits per heavy atom. The molecule has 0 unspecified atom stereocenters. The van der Waals surface area contributed by atoms with E-state index in [9.17, 15) is 14.9 Å². The third kappa shape index (κ3) is 10.4. The van der Waals surface area contributed by atoms with Gasteiger partial charge in [0, 0.05) is 49.9 Å². The number of nitrogens with zero attached hydrogens (tertiary/aromatic N) is 8. The van der Waals surface area contributed by atoms with E-state index < -0.39 is 10.9 Å². The third-order valence-corrected chi connectivity index (χ3v) is 6.22. The number of carbonyl (C=O) groups is 1. The van der Waals surface area contributed by atoms with Crippen LogP contribution in [0, 0.1) is 28.4 Å². The van der Waals surface area contributed by atoms with Crippen LogP contribution in [0.25, 0.3) is 11.3 Å². The van der Waals surface area contributed by atoms with E-state index in [1.165, 1.54) is 24.5 Å². The number of pyridine rings is 2. The summed E-state index contributed by atoms with van der Waals surface area (Å²) >= 11 is 0. The van der Waals surface area contributed by atoms with Crippen molar-refractivity contribution in [1.82, 2.24) is 29.9 Å². The lowest BCUT2D eigenvalue weighted by molar-refractivity contribution is -0.385. The Hall–Kier alpha value is -6.76. The first-order valence-electron chi connectivity index (χ1n) is 14.2. The van der Waals surface area contributed by atoms with Crippen LogP contribution in [0.15, 0.2) is 90.4 Å². The quantitative estimate of drug-likeness (QED) is 0.0749. The maximum absolute atomic E-state index is 10.9. The highest BCUT2D eigenvalue weighted by Crippen LogP contribution is 2.15. The summed E-state index contributed by atoms with van der Waals surface area (Å²) in [7, 11) is 0. The second-order valence-electron chi connectivity index (χ2n) is 9.52. The molecule has 0 spiro atoms. The van der Waals surface area contributed by atoms with Gasteiger partial charge < -0.3 is 26.0 Å². The van der Waals surface area contributed by atoms with E-state index >= 15 is 0 Å². The second kappa shape index (κ2) is 16.9. The topological polar surface area (TPSA) is 233 Å². The molecule has 4 aromatic heterocycles. The Kier molecular flexibility index (Phi) is 11.9. The van der Waals surface area contributed by atoms with E-state index in [4.69, 9.17) is 10.4 Å². The lowest BCUT2D eigenvalue weighted by atomic mass is 10.1. The minimum atomic E-state index is -1.07. The van der Waals surface area contributed by atoms with Gasteiger partial charge in [-0.2, -0.15) is 5.26 Å². The molecule has 0 saturated carbocycles. The molecule has 16 nitrogen and oxygen atoms in total. The highest BCUT2D eigenvalue weighted by atomic mass is 16.6. The number of nitro groups is 1. The highest BCUT2D eigenvalue weighted by Gasteiger charge is 2.10. The number of rotatable bonds is 12. The summed E-state index contributed by atoms with van der Waals surface area (Å²) in [5, 5.41) is 37.4. The maximum Gasteiger partial charge on any atom is 0.339 e. The lowest BCUT2D eigenvalue weighted by Gasteiger charge is -2.08. The molecule has 5 rings (SSSR count). The van der Waals surface area contributed by atoms with Gasteiger partial charge in [0.05, 0.1) is 40.1 Å². The number of H-pyrrole nitrogens is 1. The number of hydrogen-bond acceptors (Lipinski definition) is 13. The number of aromatic amines is 1. The Bertz CT molecular complexity index is 1890. The van der Waals surface area contributed by atoms with E-state index in [1.807, 2.05) is 42.6 Å². The predicted molar refractivity (Wildman–Crippen MR) is 173 cm³/mol. The molecule has 16 heteroatoms. The zero-order valence-electron chi connectivity index (χ0n) is 25.2. The molecular formula is C31H30N12O4. The number of carboxylic acid groups (broad SMARTS) is 1. The summed E-state index contributed by atoms with van der Waals surface area (Å²) in [5.74, 6) is 0.595. The molecule has 0 aliphatic rings. The van der Waals surface area contributed by atoms with Crippen LogP contribution in [0.4, 0.5) is 23.3 Å². The molecule has 0 atom stereocenters. The van der Waals surface area contributed by atoms with E-state index in [0.29, 0.717) is 54.8 Å². The van der Waals surface area contributed by atoms with Crippen molar-refractivity contribution in [2.45, 2.75) is 6.92 Å². The van der Waals surface area contributed by atoms with Crippen molar-refractivity contribution >= 4 is 29.2 Å². The maximum atomic E-state index is 10.9. The van der Waals surface area contributed by atoms with Crippen LogP contribution in [0.5, 0.6) is 0 Å². The van der Waals surface area contributed by atoms with Crippen LogP contribution in [-0.4, -0.2) is 72.1 Å². The number of aromatic nitrogens is 6. The fourth-order valence-corrected chi connectivity index (χ4v) is 3.87. The molecule has 47 heavy (non-hydrogen) atoms. The minimum Gasteiger partial charge on any atom is -0.478 e. The summed E-state index contributed by atoms with van der Waals surface area (Å²) in [6.07, 6.45) is 5.98. The van der Waals surface area contributed by atoms with Crippen LogP contribution in [-0.2, 0) is 0 Å². The van der Waals surface area contributed by atoms with Crippen LogP contribution >= 0.6 is 0 Å². The molecule has 5 N–H and O–H groups in total. The number of anilines is 3. The summed E-state index contributed by atoms with van der Waals surface area (Å²) in [4.78, 5) is 48.9. The Morgan fingerprint density at radius 1 is 0.957 bits per heavy atom. The molecule has 0 aliphatic carbocycles. The summed E-state index contributed by atoms with van der Waals surface area (Å²) < 4.78 is 0. The predicted octanol–water partition coefficient (Wildman–Crippen LogP) is 3.67. The van der Waals surface area contributed by atoms with E-state index in [0.717, 1.165) is 17.1 Å². The van der Waals surface area contributed by atoms with Crippen molar-refractivity contribution in [3.63, 3.8) is 0 Å². The molecule has 238 valence electrons.